The lowest BCUT2D eigenvalue weighted by Crippen LogP contribution is -2.51. The predicted molar refractivity (Wildman–Crippen MR) is 156 cm³/mol. The Bertz CT molecular complexity index is 1510. The molecule has 1 N–H and O–H groups in total. The number of halogens is 3. The van der Waals surface area contributed by atoms with E-state index in [1.165, 1.54) is 30.0 Å². The van der Waals surface area contributed by atoms with Gasteiger partial charge in [-0.05, 0) is 62.6 Å². The number of rotatable bonds is 11. The van der Waals surface area contributed by atoms with E-state index in [0.29, 0.717) is 22.5 Å². The fourth-order valence-electron chi connectivity index (χ4n) is 4.25. The second-order valence-electron chi connectivity index (χ2n) is 10.7. The molecule has 3 aromatic carbocycles. The highest BCUT2D eigenvalue weighted by molar-refractivity contribution is 7.92. The topological polar surface area (TPSA) is 86.8 Å². The van der Waals surface area contributed by atoms with E-state index in [9.17, 15) is 31.2 Å². The van der Waals surface area contributed by atoms with Gasteiger partial charge in [0.25, 0.3) is 10.0 Å². The maximum absolute atomic E-state index is 13.9. The molecule has 3 aromatic rings. The zero-order chi connectivity index (χ0) is 31.2. The van der Waals surface area contributed by atoms with Gasteiger partial charge in [-0.3, -0.25) is 13.9 Å². The molecule has 0 spiro atoms. The monoisotopic (exact) mass is 603 g/mol. The number of alkyl halides is 3. The highest BCUT2D eigenvalue weighted by atomic mass is 32.2. The third-order valence-corrected chi connectivity index (χ3v) is 8.42. The molecular formula is C31H36F3N3O4S. The van der Waals surface area contributed by atoms with E-state index in [0.717, 1.165) is 23.3 Å². The molecule has 1 atom stereocenters. The maximum atomic E-state index is 13.9. The van der Waals surface area contributed by atoms with Crippen molar-refractivity contribution >= 4 is 27.5 Å². The molecule has 0 saturated heterocycles. The Morgan fingerprint density at radius 2 is 1.52 bits per heavy atom. The molecule has 42 heavy (non-hydrogen) atoms. The van der Waals surface area contributed by atoms with Crippen molar-refractivity contribution in [1.29, 1.82) is 0 Å². The van der Waals surface area contributed by atoms with Gasteiger partial charge in [0, 0.05) is 13.1 Å². The number of hydrogen-bond acceptors (Lipinski definition) is 4. The SMILES string of the molecule is Cc1ccc(S(=O)(=O)N(CC(=O)N(Cc2cccc(C)c2)C(C)C(=O)NCC(C)C)c2cccc(C(F)(F)F)c2)cc1. The van der Waals surface area contributed by atoms with Crippen molar-refractivity contribution in [2.45, 2.75) is 58.3 Å². The van der Waals surface area contributed by atoms with Crippen LogP contribution in [-0.4, -0.2) is 44.3 Å². The minimum absolute atomic E-state index is 0.0161. The van der Waals surface area contributed by atoms with Gasteiger partial charge >= 0.3 is 6.18 Å². The number of nitrogens with one attached hydrogen (secondary N) is 1. The van der Waals surface area contributed by atoms with Crippen molar-refractivity contribution in [3.05, 3.63) is 95.1 Å². The van der Waals surface area contributed by atoms with Gasteiger partial charge in [0.15, 0.2) is 0 Å². The van der Waals surface area contributed by atoms with Crippen LogP contribution in [0, 0.1) is 19.8 Å². The third-order valence-electron chi connectivity index (χ3n) is 6.64. The van der Waals surface area contributed by atoms with Gasteiger partial charge in [-0.15, -0.1) is 0 Å². The largest absolute Gasteiger partial charge is 0.416 e. The van der Waals surface area contributed by atoms with Crippen LogP contribution in [0.4, 0.5) is 18.9 Å². The first-order chi connectivity index (χ1) is 19.6. The van der Waals surface area contributed by atoms with E-state index in [1.807, 2.05) is 32.9 Å². The number of sulfonamides is 1. The number of benzene rings is 3. The fraction of sp³-hybridized carbons (Fsp3) is 0.355. The average molecular weight is 604 g/mol. The summed E-state index contributed by atoms with van der Waals surface area (Å²) in [6.07, 6.45) is -4.74. The summed E-state index contributed by atoms with van der Waals surface area (Å²) in [5, 5.41) is 2.80. The second-order valence-corrected chi connectivity index (χ2v) is 12.6. The normalized spacial score (nSPS) is 12.6. The maximum Gasteiger partial charge on any atom is 0.416 e. The van der Waals surface area contributed by atoms with Crippen LogP contribution in [0.25, 0.3) is 0 Å². The fourth-order valence-corrected chi connectivity index (χ4v) is 5.65. The quantitative estimate of drug-likeness (QED) is 0.304. The molecule has 0 heterocycles. The van der Waals surface area contributed by atoms with Gasteiger partial charge in [-0.25, -0.2) is 8.42 Å². The minimum atomic E-state index is -4.74. The number of nitrogens with zero attached hydrogens (tertiary/aromatic N) is 2. The molecule has 11 heteroatoms. The Labute approximate surface area is 245 Å². The van der Waals surface area contributed by atoms with Gasteiger partial charge in [-0.1, -0.05) is 67.4 Å². The first kappa shape index (κ1) is 32.7. The molecular weight excluding hydrogens is 567 g/mol. The van der Waals surface area contributed by atoms with Crippen molar-refractivity contribution in [3.63, 3.8) is 0 Å². The van der Waals surface area contributed by atoms with Crippen LogP contribution >= 0.6 is 0 Å². The molecule has 0 aliphatic heterocycles. The molecule has 226 valence electrons. The average Bonchev–Trinajstić information content (AvgIpc) is 2.92. The van der Waals surface area contributed by atoms with Gasteiger partial charge in [0.05, 0.1) is 16.1 Å². The summed E-state index contributed by atoms with van der Waals surface area (Å²) in [5.41, 5.74) is 1.02. The van der Waals surface area contributed by atoms with Crippen molar-refractivity contribution in [2.24, 2.45) is 5.92 Å². The van der Waals surface area contributed by atoms with E-state index in [1.54, 1.807) is 31.2 Å². The van der Waals surface area contributed by atoms with E-state index < -0.39 is 46.2 Å². The zero-order valence-electron chi connectivity index (χ0n) is 24.3. The molecule has 0 bridgehead atoms. The predicted octanol–water partition coefficient (Wildman–Crippen LogP) is 5.71. The van der Waals surface area contributed by atoms with E-state index in [2.05, 4.69) is 5.32 Å². The first-order valence-electron chi connectivity index (χ1n) is 13.5. The summed E-state index contributed by atoms with van der Waals surface area (Å²) in [6.45, 7) is 8.54. The van der Waals surface area contributed by atoms with Gasteiger partial charge in [0.1, 0.15) is 12.6 Å². The molecule has 0 fully saturated rings. The Hall–Kier alpha value is -3.86. The number of carbonyl (C=O) groups excluding carboxylic acids is 2. The molecule has 1 unspecified atom stereocenters. The van der Waals surface area contributed by atoms with Crippen LogP contribution in [0.3, 0.4) is 0 Å². The van der Waals surface area contributed by atoms with Gasteiger partial charge in [-0.2, -0.15) is 13.2 Å². The Kier molecular flexibility index (Phi) is 10.4. The van der Waals surface area contributed by atoms with Crippen LogP contribution in [0.1, 0.15) is 43.0 Å². The molecule has 2 amide bonds. The first-order valence-corrected chi connectivity index (χ1v) is 14.9. The molecule has 3 rings (SSSR count). The summed E-state index contributed by atoms with van der Waals surface area (Å²) >= 11 is 0. The lowest BCUT2D eigenvalue weighted by atomic mass is 10.1. The molecule has 0 saturated carbocycles. The minimum Gasteiger partial charge on any atom is -0.354 e. The highest BCUT2D eigenvalue weighted by Gasteiger charge is 2.35. The summed E-state index contributed by atoms with van der Waals surface area (Å²) in [4.78, 5) is 28.0. The van der Waals surface area contributed by atoms with Crippen LogP contribution < -0.4 is 9.62 Å². The Balaban J connectivity index is 2.08. The standard InChI is InChI=1S/C31H36F3N3O4S/c1-21(2)18-35-30(39)24(5)36(19-25-9-6-8-23(4)16-25)29(38)20-37(27-11-7-10-26(17-27)31(32,33)34)42(40,41)28-14-12-22(3)13-15-28/h6-17,21,24H,18-20H2,1-5H3,(H,35,39). The molecule has 0 aliphatic rings. The third kappa shape index (κ3) is 8.34. The van der Waals surface area contributed by atoms with Crippen molar-refractivity contribution in [2.75, 3.05) is 17.4 Å². The van der Waals surface area contributed by atoms with Crippen LogP contribution in [0.2, 0.25) is 0 Å². The van der Waals surface area contributed by atoms with Gasteiger partial charge < -0.3 is 10.2 Å². The summed E-state index contributed by atoms with van der Waals surface area (Å²) in [6, 6.07) is 15.9. The zero-order valence-corrected chi connectivity index (χ0v) is 25.1. The van der Waals surface area contributed by atoms with E-state index in [4.69, 9.17) is 0 Å². The lowest BCUT2D eigenvalue weighted by Gasteiger charge is -2.32. The van der Waals surface area contributed by atoms with E-state index >= 15 is 0 Å². The Morgan fingerprint density at radius 1 is 0.881 bits per heavy atom. The van der Waals surface area contributed by atoms with Crippen molar-refractivity contribution in [1.82, 2.24) is 10.2 Å². The van der Waals surface area contributed by atoms with Crippen LogP contribution in [-0.2, 0) is 32.3 Å². The number of carbonyl (C=O) groups is 2. The summed E-state index contributed by atoms with van der Waals surface area (Å²) < 4.78 is 69.1. The lowest BCUT2D eigenvalue weighted by molar-refractivity contribution is -0.139. The molecule has 0 aliphatic carbocycles. The molecule has 0 aromatic heterocycles. The number of aryl methyl sites for hydroxylation is 2. The smallest absolute Gasteiger partial charge is 0.354 e. The van der Waals surface area contributed by atoms with Crippen LogP contribution in [0.15, 0.2) is 77.7 Å². The second kappa shape index (κ2) is 13.4. The molecule has 7 nitrogen and oxygen atoms in total. The van der Waals surface area contributed by atoms with Crippen molar-refractivity contribution in [3.8, 4) is 0 Å². The number of hydrogen-bond donors (Lipinski definition) is 1. The molecule has 0 radical (unpaired) electrons. The van der Waals surface area contributed by atoms with Crippen molar-refractivity contribution < 1.29 is 31.2 Å². The highest BCUT2D eigenvalue weighted by Crippen LogP contribution is 2.33. The van der Waals surface area contributed by atoms with Gasteiger partial charge in [0.2, 0.25) is 11.8 Å². The number of amides is 2. The van der Waals surface area contributed by atoms with E-state index in [-0.39, 0.29) is 23.0 Å². The van der Waals surface area contributed by atoms with Crippen LogP contribution in [0.5, 0.6) is 0 Å². The Morgan fingerprint density at radius 3 is 2.12 bits per heavy atom. The number of anilines is 1. The summed E-state index contributed by atoms with van der Waals surface area (Å²) in [5.74, 6) is -1.04. The summed E-state index contributed by atoms with van der Waals surface area (Å²) in [7, 11) is -4.49.